The molecule has 0 saturated heterocycles. The number of halogens is 4. The van der Waals surface area contributed by atoms with Crippen molar-refractivity contribution in [2.45, 2.75) is 6.18 Å². The van der Waals surface area contributed by atoms with Gasteiger partial charge < -0.3 is 10.2 Å². The maximum atomic E-state index is 13.2. The van der Waals surface area contributed by atoms with Crippen molar-refractivity contribution >= 4 is 29.0 Å². The van der Waals surface area contributed by atoms with Crippen LogP contribution in [0, 0.1) is 0 Å². The molecule has 3 aromatic rings. The molecule has 1 aromatic heterocycles. The number of hydrogen-bond donors (Lipinski definition) is 1. The fourth-order valence-electron chi connectivity index (χ4n) is 2.59. The first-order valence-electron chi connectivity index (χ1n) is 8.57. The van der Waals surface area contributed by atoms with Gasteiger partial charge in [-0.3, -0.25) is 4.79 Å². The number of hydrogen-bond acceptors (Lipinski definition) is 3. The fourth-order valence-corrected chi connectivity index (χ4v) is 2.71. The molecule has 150 valence electrons. The molecule has 0 spiro atoms. The number of anilines is 2. The van der Waals surface area contributed by atoms with Crippen LogP contribution >= 0.6 is 11.6 Å². The summed E-state index contributed by atoms with van der Waals surface area (Å²) in [7, 11) is 3.24. The van der Waals surface area contributed by atoms with Crippen molar-refractivity contribution < 1.29 is 18.0 Å². The van der Waals surface area contributed by atoms with Gasteiger partial charge in [0.15, 0.2) is 0 Å². The summed E-state index contributed by atoms with van der Waals surface area (Å²) in [5.41, 5.74) is 0.813. The molecule has 0 aliphatic rings. The third-order valence-corrected chi connectivity index (χ3v) is 4.39. The van der Waals surface area contributed by atoms with Crippen molar-refractivity contribution in [2.24, 2.45) is 0 Å². The highest BCUT2D eigenvalue weighted by Gasteiger charge is 2.32. The molecule has 4 nitrogen and oxygen atoms in total. The molecule has 8 heteroatoms. The van der Waals surface area contributed by atoms with Gasteiger partial charge in [-0.2, -0.15) is 13.2 Å². The third kappa shape index (κ3) is 5.06. The van der Waals surface area contributed by atoms with Crippen molar-refractivity contribution in [3.8, 4) is 11.3 Å². The van der Waals surface area contributed by atoms with Gasteiger partial charge in [0, 0.05) is 35.9 Å². The molecular formula is C21H17ClF3N3O. The van der Waals surface area contributed by atoms with E-state index in [-0.39, 0.29) is 17.4 Å². The van der Waals surface area contributed by atoms with Crippen LogP contribution in [0.1, 0.15) is 15.9 Å². The first-order chi connectivity index (χ1) is 13.6. The number of carbonyl (C=O) groups is 1. The lowest BCUT2D eigenvalue weighted by atomic mass is 10.1. The number of pyridine rings is 1. The van der Waals surface area contributed by atoms with Crippen molar-refractivity contribution in [1.82, 2.24) is 4.98 Å². The van der Waals surface area contributed by atoms with Gasteiger partial charge in [-0.15, -0.1) is 0 Å². The molecule has 0 radical (unpaired) electrons. The first kappa shape index (κ1) is 20.7. The molecule has 1 heterocycles. The minimum atomic E-state index is -4.49. The first-order valence-corrected chi connectivity index (χ1v) is 8.95. The van der Waals surface area contributed by atoms with E-state index in [1.807, 2.05) is 0 Å². The molecule has 1 N–H and O–H groups in total. The Morgan fingerprint density at radius 2 is 1.62 bits per heavy atom. The molecule has 3 rings (SSSR count). The maximum absolute atomic E-state index is 13.2. The Labute approximate surface area is 170 Å². The van der Waals surface area contributed by atoms with Crippen LogP contribution in [0.4, 0.5) is 24.7 Å². The Morgan fingerprint density at radius 1 is 1.00 bits per heavy atom. The molecule has 0 unspecified atom stereocenters. The lowest BCUT2D eigenvalue weighted by Crippen LogP contribution is -2.14. The number of amides is 1. The zero-order valence-electron chi connectivity index (χ0n) is 15.6. The minimum absolute atomic E-state index is 0.174. The average Bonchev–Trinajstić information content (AvgIpc) is 2.68. The third-order valence-electron chi connectivity index (χ3n) is 4.14. The molecule has 0 bridgehead atoms. The van der Waals surface area contributed by atoms with E-state index in [9.17, 15) is 18.0 Å². The summed E-state index contributed by atoms with van der Waals surface area (Å²) in [6.07, 6.45) is -4.49. The number of carbonyl (C=O) groups excluding carboxylic acids is 1. The monoisotopic (exact) mass is 419 g/mol. The smallest absolute Gasteiger partial charge is 0.363 e. The number of alkyl halides is 3. The van der Waals surface area contributed by atoms with Gasteiger partial charge in [-0.05, 0) is 48.5 Å². The van der Waals surface area contributed by atoms with E-state index in [4.69, 9.17) is 11.6 Å². The van der Waals surface area contributed by atoms with E-state index in [0.717, 1.165) is 12.1 Å². The largest absolute Gasteiger partial charge is 0.416 e. The number of benzene rings is 2. The number of nitrogens with one attached hydrogen (secondary N) is 1. The molecule has 0 atom stereocenters. The lowest BCUT2D eigenvalue weighted by molar-refractivity contribution is -0.137. The van der Waals surface area contributed by atoms with Crippen LogP contribution in [0.5, 0.6) is 0 Å². The lowest BCUT2D eigenvalue weighted by Gasteiger charge is -2.16. The summed E-state index contributed by atoms with van der Waals surface area (Å²) in [6.45, 7) is 0. The van der Waals surface area contributed by atoms with E-state index >= 15 is 0 Å². The quantitative estimate of drug-likeness (QED) is 0.586. The van der Waals surface area contributed by atoms with Crippen molar-refractivity contribution in [3.63, 3.8) is 0 Å². The van der Waals surface area contributed by atoms with Crippen molar-refractivity contribution in [1.29, 1.82) is 0 Å². The molecule has 0 fully saturated rings. The Balaban J connectivity index is 1.87. The van der Waals surface area contributed by atoms with Crippen LogP contribution in [-0.4, -0.2) is 25.0 Å². The van der Waals surface area contributed by atoms with E-state index in [0.29, 0.717) is 21.8 Å². The molecular weight excluding hydrogens is 403 g/mol. The molecule has 0 aliphatic heterocycles. The van der Waals surface area contributed by atoms with Gasteiger partial charge in [0.05, 0.1) is 11.3 Å². The second-order valence-corrected chi connectivity index (χ2v) is 6.97. The van der Waals surface area contributed by atoms with E-state index in [2.05, 4.69) is 10.3 Å². The van der Waals surface area contributed by atoms with Crippen LogP contribution in [0.2, 0.25) is 5.02 Å². The van der Waals surface area contributed by atoms with E-state index in [1.165, 1.54) is 17.0 Å². The van der Waals surface area contributed by atoms with Crippen LogP contribution in [-0.2, 0) is 6.18 Å². The minimum Gasteiger partial charge on any atom is -0.363 e. The second-order valence-electron chi connectivity index (χ2n) is 6.53. The molecule has 1 amide bonds. The zero-order chi connectivity index (χ0) is 21.2. The molecule has 29 heavy (non-hydrogen) atoms. The van der Waals surface area contributed by atoms with Crippen LogP contribution in [0.25, 0.3) is 11.3 Å². The van der Waals surface area contributed by atoms with Gasteiger partial charge >= 0.3 is 6.18 Å². The van der Waals surface area contributed by atoms with Crippen LogP contribution < -0.4 is 10.2 Å². The van der Waals surface area contributed by atoms with Crippen LogP contribution in [0.3, 0.4) is 0 Å². The Bertz CT molecular complexity index is 1020. The standard InChI is InChI=1S/C21H17ClF3N3O/c1-28(2)19-12-15(21(23,24)25)11-18(27-19)13-3-5-14(6-4-13)20(29)26-17-9-7-16(22)8-10-17/h3-12H,1-2H3,(H,26,29). The van der Waals surface area contributed by atoms with Gasteiger partial charge in [-0.1, -0.05) is 23.7 Å². The summed E-state index contributed by atoms with van der Waals surface area (Å²) < 4.78 is 39.7. The van der Waals surface area contributed by atoms with Gasteiger partial charge in [0.2, 0.25) is 0 Å². The molecule has 0 saturated carbocycles. The Morgan fingerprint density at radius 3 is 2.17 bits per heavy atom. The van der Waals surface area contributed by atoms with E-state index < -0.39 is 11.7 Å². The van der Waals surface area contributed by atoms with Gasteiger partial charge in [0.1, 0.15) is 5.82 Å². The normalized spacial score (nSPS) is 11.2. The highest BCUT2D eigenvalue weighted by molar-refractivity contribution is 6.30. The number of nitrogens with zero attached hydrogens (tertiary/aromatic N) is 2. The summed E-state index contributed by atoms with van der Waals surface area (Å²) in [5, 5.41) is 3.28. The Kier molecular flexibility index (Phi) is 5.79. The Hall–Kier alpha value is -3.06. The topological polar surface area (TPSA) is 45.2 Å². The second kappa shape index (κ2) is 8.13. The van der Waals surface area contributed by atoms with Crippen molar-refractivity contribution in [3.05, 3.63) is 76.8 Å². The zero-order valence-corrected chi connectivity index (χ0v) is 16.3. The average molecular weight is 420 g/mol. The highest BCUT2D eigenvalue weighted by Crippen LogP contribution is 2.34. The highest BCUT2D eigenvalue weighted by atomic mass is 35.5. The maximum Gasteiger partial charge on any atom is 0.416 e. The number of aromatic nitrogens is 1. The summed E-state index contributed by atoms with van der Waals surface area (Å²) >= 11 is 5.82. The SMILES string of the molecule is CN(C)c1cc(C(F)(F)F)cc(-c2ccc(C(=O)Nc3ccc(Cl)cc3)cc2)n1. The molecule has 2 aromatic carbocycles. The van der Waals surface area contributed by atoms with Crippen LogP contribution in [0.15, 0.2) is 60.7 Å². The number of rotatable bonds is 4. The van der Waals surface area contributed by atoms with Gasteiger partial charge in [-0.25, -0.2) is 4.98 Å². The van der Waals surface area contributed by atoms with Crippen molar-refractivity contribution in [2.75, 3.05) is 24.3 Å². The summed E-state index contributed by atoms with van der Waals surface area (Å²) in [5.74, 6) is -0.149. The molecule has 0 aliphatic carbocycles. The van der Waals surface area contributed by atoms with E-state index in [1.54, 1.807) is 50.5 Å². The predicted molar refractivity (Wildman–Crippen MR) is 108 cm³/mol. The fraction of sp³-hybridized carbons (Fsp3) is 0.143. The summed E-state index contributed by atoms with van der Waals surface area (Å²) in [4.78, 5) is 18.1. The predicted octanol–water partition coefficient (Wildman–Crippen LogP) is 5.74. The van der Waals surface area contributed by atoms with Gasteiger partial charge in [0.25, 0.3) is 5.91 Å². The summed E-state index contributed by atoms with van der Waals surface area (Å²) in [6, 6.07) is 14.9.